The summed E-state index contributed by atoms with van der Waals surface area (Å²) >= 11 is 0. The molecule has 2 heteroatoms. The second-order valence-electron chi connectivity index (χ2n) is 9.26. The molecule has 0 fully saturated rings. The smallest absolute Gasteiger partial charge is 0.190 e. The lowest BCUT2D eigenvalue weighted by molar-refractivity contribution is -0.689. The van der Waals surface area contributed by atoms with Gasteiger partial charge in [-0.25, -0.2) is 4.98 Å². The fourth-order valence-electron chi connectivity index (χ4n) is 4.36. The van der Waals surface area contributed by atoms with Crippen LogP contribution in [0.1, 0.15) is 121 Å². The Kier molecular flexibility index (Phi) is 14.8. The van der Waals surface area contributed by atoms with Crippen LogP contribution in [0.2, 0.25) is 0 Å². The third-order valence-corrected chi connectivity index (χ3v) is 6.31. The highest BCUT2D eigenvalue weighted by Crippen LogP contribution is 2.14. The van der Waals surface area contributed by atoms with Gasteiger partial charge in [-0.1, -0.05) is 134 Å². The molecule has 0 aliphatic carbocycles. The predicted molar refractivity (Wildman–Crippen MR) is 133 cm³/mol. The molecule has 0 atom stereocenters. The van der Waals surface area contributed by atoms with Gasteiger partial charge in [-0.2, -0.15) is 4.57 Å². The van der Waals surface area contributed by atoms with Gasteiger partial charge in [0, 0.05) is 5.56 Å². The lowest BCUT2D eigenvalue weighted by Crippen LogP contribution is -2.34. The van der Waals surface area contributed by atoms with E-state index in [2.05, 4.69) is 59.2 Å². The topological polar surface area (TPSA) is 16.8 Å². The second-order valence-corrected chi connectivity index (χ2v) is 9.26. The standard InChI is InChI=1S/C29H47N2/c1-2-3-4-5-6-7-8-9-10-11-12-13-14-15-16-20-23-29-27-31(25-24-30-29)26-28-21-18-17-19-22-28/h17-19,21-22,24-25,27H,2-16,20,23,26H2,1H3/q+1. The molecule has 1 aromatic heterocycles. The lowest BCUT2D eigenvalue weighted by Gasteiger charge is -2.04. The molecule has 0 amide bonds. The predicted octanol–water partition coefficient (Wildman–Crippen LogP) is 8.22. The number of unbranched alkanes of at least 4 members (excludes halogenated alkanes) is 15. The minimum atomic E-state index is 0.926. The molecule has 2 rings (SSSR count). The first-order valence-corrected chi connectivity index (χ1v) is 13.3. The normalized spacial score (nSPS) is 11.1. The average molecular weight is 424 g/mol. The largest absolute Gasteiger partial charge is 0.249 e. The Bertz CT molecular complexity index is 653. The van der Waals surface area contributed by atoms with Gasteiger partial charge in [0.05, 0.1) is 6.20 Å². The summed E-state index contributed by atoms with van der Waals surface area (Å²) in [6.07, 6.45) is 30.1. The minimum Gasteiger partial charge on any atom is -0.249 e. The minimum absolute atomic E-state index is 0.926. The molecular formula is C29H47N2+. The summed E-state index contributed by atoms with van der Waals surface area (Å²) in [5, 5.41) is 0. The van der Waals surface area contributed by atoms with E-state index in [9.17, 15) is 0 Å². The molecule has 0 aliphatic heterocycles. The van der Waals surface area contributed by atoms with Crippen molar-refractivity contribution in [3.8, 4) is 0 Å². The Morgan fingerprint density at radius 3 is 1.71 bits per heavy atom. The molecule has 0 saturated carbocycles. The van der Waals surface area contributed by atoms with E-state index in [1.165, 1.54) is 114 Å². The van der Waals surface area contributed by atoms with E-state index in [0.29, 0.717) is 0 Å². The molecule has 31 heavy (non-hydrogen) atoms. The summed E-state index contributed by atoms with van der Waals surface area (Å²) in [6.45, 7) is 3.22. The molecule has 0 aliphatic rings. The molecule has 0 radical (unpaired) electrons. The SMILES string of the molecule is CCCCCCCCCCCCCCCCCCc1c[n+](Cc2ccccc2)ccn1. The maximum Gasteiger partial charge on any atom is 0.190 e. The van der Waals surface area contributed by atoms with E-state index in [1.807, 2.05) is 6.20 Å². The van der Waals surface area contributed by atoms with Gasteiger partial charge in [-0.15, -0.1) is 0 Å². The Labute approximate surface area is 192 Å². The van der Waals surface area contributed by atoms with Crippen LogP contribution in [0.25, 0.3) is 0 Å². The van der Waals surface area contributed by atoms with Gasteiger partial charge in [0.15, 0.2) is 18.9 Å². The summed E-state index contributed by atoms with van der Waals surface area (Å²) in [7, 11) is 0. The van der Waals surface area contributed by atoms with Crippen LogP contribution in [-0.4, -0.2) is 4.98 Å². The van der Waals surface area contributed by atoms with Gasteiger partial charge in [-0.3, -0.25) is 0 Å². The average Bonchev–Trinajstić information content (AvgIpc) is 2.80. The lowest BCUT2D eigenvalue weighted by atomic mass is 10.0. The Morgan fingerprint density at radius 1 is 0.645 bits per heavy atom. The third-order valence-electron chi connectivity index (χ3n) is 6.31. The molecule has 172 valence electrons. The molecule has 1 aromatic carbocycles. The summed E-state index contributed by atoms with van der Waals surface area (Å²) in [5.41, 5.74) is 2.57. The Morgan fingerprint density at radius 2 is 1.16 bits per heavy atom. The van der Waals surface area contributed by atoms with Crippen molar-refractivity contribution < 1.29 is 4.57 Å². The van der Waals surface area contributed by atoms with E-state index in [-0.39, 0.29) is 0 Å². The Balaban J connectivity index is 1.39. The van der Waals surface area contributed by atoms with E-state index in [1.54, 1.807) is 0 Å². The van der Waals surface area contributed by atoms with Crippen molar-refractivity contribution >= 4 is 0 Å². The molecule has 0 N–H and O–H groups in total. The molecule has 1 heterocycles. The zero-order valence-electron chi connectivity index (χ0n) is 20.2. The van der Waals surface area contributed by atoms with Crippen LogP contribution >= 0.6 is 0 Å². The fraction of sp³-hybridized carbons (Fsp3) is 0.655. The van der Waals surface area contributed by atoms with Crippen molar-refractivity contribution in [1.82, 2.24) is 4.98 Å². The van der Waals surface area contributed by atoms with Crippen LogP contribution in [0.3, 0.4) is 0 Å². The summed E-state index contributed by atoms with van der Waals surface area (Å²) in [5.74, 6) is 0. The molecule has 2 nitrogen and oxygen atoms in total. The number of aromatic nitrogens is 2. The number of aryl methyl sites for hydroxylation is 1. The quantitative estimate of drug-likeness (QED) is 0.164. The van der Waals surface area contributed by atoms with Crippen LogP contribution in [0.5, 0.6) is 0 Å². The zero-order chi connectivity index (χ0) is 21.8. The molecule has 0 saturated heterocycles. The first-order chi connectivity index (χ1) is 15.4. The van der Waals surface area contributed by atoms with E-state index >= 15 is 0 Å². The van der Waals surface area contributed by atoms with Crippen LogP contribution in [0, 0.1) is 0 Å². The van der Waals surface area contributed by atoms with Crippen LogP contribution in [-0.2, 0) is 13.0 Å². The van der Waals surface area contributed by atoms with Crippen LogP contribution in [0.15, 0.2) is 48.9 Å². The molecule has 0 unspecified atom stereocenters. The first-order valence-electron chi connectivity index (χ1n) is 13.3. The van der Waals surface area contributed by atoms with Crippen molar-refractivity contribution in [2.45, 2.75) is 123 Å². The molecule has 0 bridgehead atoms. The van der Waals surface area contributed by atoms with Crippen molar-refractivity contribution in [1.29, 1.82) is 0 Å². The first kappa shape index (κ1) is 25.6. The number of hydrogen-bond acceptors (Lipinski definition) is 1. The van der Waals surface area contributed by atoms with E-state index in [4.69, 9.17) is 0 Å². The van der Waals surface area contributed by atoms with E-state index < -0.39 is 0 Å². The van der Waals surface area contributed by atoms with Crippen molar-refractivity contribution in [3.63, 3.8) is 0 Å². The van der Waals surface area contributed by atoms with Crippen molar-refractivity contribution in [2.24, 2.45) is 0 Å². The Hall–Kier alpha value is -1.70. The van der Waals surface area contributed by atoms with Crippen molar-refractivity contribution in [2.75, 3.05) is 0 Å². The highest BCUT2D eigenvalue weighted by Gasteiger charge is 2.05. The van der Waals surface area contributed by atoms with Gasteiger partial charge < -0.3 is 0 Å². The third kappa shape index (κ3) is 13.3. The van der Waals surface area contributed by atoms with Crippen LogP contribution in [0.4, 0.5) is 0 Å². The molecular weight excluding hydrogens is 376 g/mol. The maximum absolute atomic E-state index is 4.57. The highest BCUT2D eigenvalue weighted by atomic mass is 15.0. The molecule has 2 aromatic rings. The summed E-state index contributed by atoms with van der Waals surface area (Å²) < 4.78 is 2.25. The maximum atomic E-state index is 4.57. The van der Waals surface area contributed by atoms with Crippen LogP contribution < -0.4 is 4.57 Å². The highest BCUT2D eigenvalue weighted by molar-refractivity contribution is 5.13. The molecule has 0 spiro atoms. The fourth-order valence-corrected chi connectivity index (χ4v) is 4.36. The number of rotatable bonds is 19. The van der Waals surface area contributed by atoms with Crippen molar-refractivity contribution in [3.05, 3.63) is 60.2 Å². The van der Waals surface area contributed by atoms with Gasteiger partial charge in [0.1, 0.15) is 5.69 Å². The second kappa shape index (κ2) is 17.9. The summed E-state index contributed by atoms with van der Waals surface area (Å²) in [4.78, 5) is 4.57. The monoisotopic (exact) mass is 423 g/mol. The van der Waals surface area contributed by atoms with Gasteiger partial charge in [-0.05, 0) is 12.8 Å². The summed E-state index contributed by atoms with van der Waals surface area (Å²) in [6, 6.07) is 10.7. The van der Waals surface area contributed by atoms with Gasteiger partial charge in [0.25, 0.3) is 0 Å². The van der Waals surface area contributed by atoms with E-state index in [0.717, 1.165) is 13.0 Å². The number of hydrogen-bond donors (Lipinski definition) is 0. The van der Waals surface area contributed by atoms with Gasteiger partial charge in [0.2, 0.25) is 0 Å². The van der Waals surface area contributed by atoms with Gasteiger partial charge >= 0.3 is 0 Å². The zero-order valence-corrected chi connectivity index (χ0v) is 20.2. The number of nitrogens with zero attached hydrogens (tertiary/aromatic N) is 2. The number of benzene rings is 1.